The summed E-state index contributed by atoms with van der Waals surface area (Å²) >= 11 is 0. The van der Waals surface area contributed by atoms with Crippen LogP contribution in [0.25, 0.3) is 0 Å². The van der Waals surface area contributed by atoms with Crippen LogP contribution in [-0.4, -0.2) is 45.8 Å². The lowest BCUT2D eigenvalue weighted by Gasteiger charge is -2.31. The third kappa shape index (κ3) is 6.24. The quantitative estimate of drug-likeness (QED) is 0.278. The Balaban J connectivity index is 1.43. The van der Waals surface area contributed by atoms with E-state index in [1.54, 1.807) is 34.1 Å². The van der Waals surface area contributed by atoms with E-state index in [9.17, 15) is 24.3 Å². The Kier molecular flexibility index (Phi) is 8.90. The molecule has 5 rings (SSSR count). The Morgan fingerprint density at radius 1 is 0.795 bits per heavy atom. The minimum absolute atomic E-state index is 0.0541. The zero-order valence-corrected chi connectivity index (χ0v) is 24.9. The van der Waals surface area contributed by atoms with Gasteiger partial charge in [-0.15, -0.1) is 0 Å². The minimum Gasteiger partial charge on any atom is -0.480 e. The lowest BCUT2D eigenvalue weighted by molar-refractivity contribution is -0.139. The number of aliphatic carboxylic acids is 1. The average molecular weight is 590 g/mol. The number of hydrogen-bond donors (Lipinski definition) is 2. The number of benzene rings is 4. The summed E-state index contributed by atoms with van der Waals surface area (Å²) in [4.78, 5) is 55.6. The number of anilines is 1. The largest absolute Gasteiger partial charge is 0.480 e. The van der Waals surface area contributed by atoms with Crippen LogP contribution in [0, 0.1) is 13.8 Å². The van der Waals surface area contributed by atoms with Gasteiger partial charge in [0.05, 0.1) is 0 Å². The molecule has 4 aromatic carbocycles. The summed E-state index contributed by atoms with van der Waals surface area (Å²) in [5, 5.41) is 12.6. The Bertz CT molecular complexity index is 1650. The van der Waals surface area contributed by atoms with Crippen molar-refractivity contribution in [2.75, 3.05) is 4.90 Å². The van der Waals surface area contributed by atoms with Gasteiger partial charge in [-0.25, -0.2) is 4.79 Å². The number of hydrogen-bond acceptors (Lipinski definition) is 4. The van der Waals surface area contributed by atoms with Crippen molar-refractivity contribution >= 4 is 29.4 Å². The highest BCUT2D eigenvalue weighted by Crippen LogP contribution is 2.39. The standard InChI is InChI=1S/C36H35N3O5/c1-23-11-10-12-24(2)32(23)33(41)37-30(36(43)44)21-27-17-19-29(20-18-27)39-34(28-15-8-5-9-16-28)38(25(3)40)31(35(39)42)22-26-13-6-4-7-14-26/h4-20,30-31,34H,21-22H2,1-3H3,(H,37,41)(H,43,44). The van der Waals surface area contributed by atoms with Crippen molar-refractivity contribution in [3.8, 4) is 0 Å². The number of amides is 3. The van der Waals surface area contributed by atoms with Gasteiger partial charge in [-0.3, -0.25) is 19.3 Å². The number of nitrogens with zero attached hydrogens (tertiary/aromatic N) is 2. The maximum Gasteiger partial charge on any atom is 0.326 e. The maximum atomic E-state index is 14.1. The summed E-state index contributed by atoms with van der Waals surface area (Å²) in [6, 6.07) is 29.7. The van der Waals surface area contributed by atoms with Crippen LogP contribution in [0.5, 0.6) is 0 Å². The number of carbonyl (C=O) groups is 4. The lowest BCUT2D eigenvalue weighted by atomic mass is 10.0. The van der Waals surface area contributed by atoms with Crippen molar-refractivity contribution in [3.63, 3.8) is 0 Å². The summed E-state index contributed by atoms with van der Waals surface area (Å²) in [7, 11) is 0. The first kappa shape index (κ1) is 30.2. The van der Waals surface area contributed by atoms with Gasteiger partial charge < -0.3 is 15.3 Å². The molecule has 3 unspecified atom stereocenters. The van der Waals surface area contributed by atoms with Crippen LogP contribution in [0.15, 0.2) is 103 Å². The molecule has 0 bridgehead atoms. The van der Waals surface area contributed by atoms with E-state index >= 15 is 0 Å². The molecule has 1 heterocycles. The fraction of sp³-hybridized carbons (Fsp3) is 0.222. The van der Waals surface area contributed by atoms with Crippen molar-refractivity contribution in [1.29, 1.82) is 0 Å². The van der Waals surface area contributed by atoms with Crippen molar-refractivity contribution < 1.29 is 24.3 Å². The second-order valence-corrected chi connectivity index (χ2v) is 11.1. The van der Waals surface area contributed by atoms with E-state index in [0.29, 0.717) is 23.2 Å². The van der Waals surface area contributed by atoms with Crippen LogP contribution in [0.3, 0.4) is 0 Å². The van der Waals surface area contributed by atoms with Crippen molar-refractivity contribution in [3.05, 3.63) is 137 Å². The van der Waals surface area contributed by atoms with Gasteiger partial charge in [0.2, 0.25) is 5.91 Å². The van der Waals surface area contributed by atoms with E-state index in [4.69, 9.17) is 0 Å². The van der Waals surface area contributed by atoms with Gasteiger partial charge in [0, 0.05) is 31.0 Å². The monoisotopic (exact) mass is 589 g/mol. The Morgan fingerprint density at radius 2 is 1.39 bits per heavy atom. The molecule has 1 aliphatic heterocycles. The Labute approximate surface area is 256 Å². The number of aryl methyl sites for hydroxylation is 2. The number of carbonyl (C=O) groups excluding carboxylic acids is 3. The summed E-state index contributed by atoms with van der Waals surface area (Å²) in [6.45, 7) is 5.11. The molecule has 2 N–H and O–H groups in total. The zero-order chi connectivity index (χ0) is 31.4. The SMILES string of the molecule is CC(=O)N1C(Cc2ccccc2)C(=O)N(c2ccc(CC(NC(=O)c3c(C)cccc3C)C(=O)O)cc2)C1c1ccccc1. The molecule has 0 aromatic heterocycles. The second kappa shape index (κ2) is 13.0. The third-order valence-electron chi connectivity index (χ3n) is 8.07. The lowest BCUT2D eigenvalue weighted by Crippen LogP contribution is -2.42. The third-order valence-corrected chi connectivity index (χ3v) is 8.07. The normalized spacial score (nSPS) is 16.9. The topological polar surface area (TPSA) is 107 Å². The predicted molar refractivity (Wildman–Crippen MR) is 168 cm³/mol. The molecule has 8 nitrogen and oxygen atoms in total. The van der Waals surface area contributed by atoms with Crippen LogP contribution in [0.2, 0.25) is 0 Å². The van der Waals surface area contributed by atoms with E-state index in [-0.39, 0.29) is 18.2 Å². The molecule has 0 spiro atoms. The number of carboxylic acids is 1. The molecular weight excluding hydrogens is 554 g/mol. The van der Waals surface area contributed by atoms with Crippen LogP contribution in [-0.2, 0) is 27.2 Å². The molecule has 3 amide bonds. The maximum absolute atomic E-state index is 14.1. The summed E-state index contributed by atoms with van der Waals surface area (Å²) in [6.07, 6.45) is -0.222. The fourth-order valence-electron chi connectivity index (χ4n) is 5.94. The summed E-state index contributed by atoms with van der Waals surface area (Å²) < 4.78 is 0. The van der Waals surface area contributed by atoms with Crippen LogP contribution >= 0.6 is 0 Å². The van der Waals surface area contributed by atoms with Gasteiger partial charge in [0.1, 0.15) is 18.2 Å². The van der Waals surface area contributed by atoms with Crippen LogP contribution < -0.4 is 10.2 Å². The van der Waals surface area contributed by atoms with Crippen LogP contribution in [0.1, 0.15) is 51.3 Å². The number of rotatable bonds is 9. The first-order valence-corrected chi connectivity index (χ1v) is 14.6. The first-order chi connectivity index (χ1) is 21.2. The molecule has 8 heteroatoms. The highest BCUT2D eigenvalue weighted by atomic mass is 16.4. The van der Waals surface area contributed by atoms with Gasteiger partial charge in [0.25, 0.3) is 11.8 Å². The van der Waals surface area contributed by atoms with Gasteiger partial charge in [-0.2, -0.15) is 0 Å². The number of carboxylic acid groups (broad SMARTS) is 1. The molecule has 1 saturated heterocycles. The molecule has 1 aliphatic rings. The van der Waals surface area contributed by atoms with E-state index < -0.39 is 30.1 Å². The number of nitrogens with one attached hydrogen (secondary N) is 1. The zero-order valence-electron chi connectivity index (χ0n) is 24.9. The van der Waals surface area contributed by atoms with Crippen molar-refractivity contribution in [1.82, 2.24) is 10.2 Å². The van der Waals surface area contributed by atoms with E-state index in [0.717, 1.165) is 22.3 Å². The molecule has 0 radical (unpaired) electrons. The second-order valence-electron chi connectivity index (χ2n) is 11.1. The molecule has 3 atom stereocenters. The molecule has 0 aliphatic carbocycles. The molecule has 0 saturated carbocycles. The van der Waals surface area contributed by atoms with Crippen LogP contribution in [0.4, 0.5) is 5.69 Å². The smallest absolute Gasteiger partial charge is 0.326 e. The molecule has 4 aromatic rings. The van der Waals surface area contributed by atoms with E-state index in [1.165, 1.54) is 6.92 Å². The summed E-state index contributed by atoms with van der Waals surface area (Å²) in [5.74, 6) is -1.99. The van der Waals surface area contributed by atoms with Gasteiger partial charge in [-0.1, -0.05) is 91.0 Å². The van der Waals surface area contributed by atoms with E-state index in [2.05, 4.69) is 5.32 Å². The minimum atomic E-state index is -1.15. The fourth-order valence-corrected chi connectivity index (χ4v) is 5.94. The highest BCUT2D eigenvalue weighted by molar-refractivity contribution is 6.03. The van der Waals surface area contributed by atoms with Crippen molar-refractivity contribution in [2.24, 2.45) is 0 Å². The predicted octanol–water partition coefficient (Wildman–Crippen LogP) is 5.23. The summed E-state index contributed by atoms with van der Waals surface area (Å²) in [5.41, 5.74) is 5.01. The highest BCUT2D eigenvalue weighted by Gasteiger charge is 2.48. The van der Waals surface area contributed by atoms with E-state index in [1.807, 2.05) is 92.7 Å². The average Bonchev–Trinajstić information content (AvgIpc) is 3.29. The van der Waals surface area contributed by atoms with Gasteiger partial charge in [-0.05, 0) is 53.8 Å². The Hall–Kier alpha value is -5.24. The molecule has 224 valence electrons. The molecule has 1 fully saturated rings. The van der Waals surface area contributed by atoms with Gasteiger partial charge >= 0.3 is 5.97 Å². The Morgan fingerprint density at radius 3 is 1.95 bits per heavy atom. The van der Waals surface area contributed by atoms with Crippen molar-refractivity contribution in [2.45, 2.75) is 51.9 Å². The van der Waals surface area contributed by atoms with Gasteiger partial charge in [0.15, 0.2) is 0 Å². The molecular formula is C36H35N3O5. The molecule has 44 heavy (non-hydrogen) atoms. The first-order valence-electron chi connectivity index (χ1n) is 14.6.